The van der Waals surface area contributed by atoms with E-state index in [1.807, 2.05) is 0 Å². The van der Waals surface area contributed by atoms with Gasteiger partial charge in [-0.05, 0) is 54.6 Å². The van der Waals surface area contributed by atoms with Crippen molar-refractivity contribution in [3.63, 3.8) is 0 Å². The molecule has 11 heteroatoms. The Labute approximate surface area is 208 Å². The van der Waals surface area contributed by atoms with Gasteiger partial charge >= 0.3 is 5.97 Å². The Morgan fingerprint density at radius 1 is 1.17 bits per heavy atom. The van der Waals surface area contributed by atoms with Crippen molar-refractivity contribution in [2.75, 3.05) is 6.61 Å². The zero-order chi connectivity index (χ0) is 25.1. The largest absolute Gasteiger partial charge is 0.462 e. The fourth-order valence-electron chi connectivity index (χ4n) is 3.30. The van der Waals surface area contributed by atoms with Gasteiger partial charge in [-0.2, -0.15) is 0 Å². The van der Waals surface area contributed by atoms with Crippen molar-refractivity contribution in [1.82, 2.24) is 4.90 Å². The highest BCUT2D eigenvalue weighted by Crippen LogP contribution is 2.35. The van der Waals surface area contributed by atoms with E-state index in [0.717, 1.165) is 16.7 Å². The highest BCUT2D eigenvalue weighted by Gasteiger charge is 2.35. The lowest BCUT2D eigenvalue weighted by molar-refractivity contribution is -0.384. The number of carbonyl (C=O) groups is 3. The van der Waals surface area contributed by atoms with Crippen molar-refractivity contribution in [1.29, 1.82) is 0 Å². The number of nitro groups is 1. The maximum Gasteiger partial charge on any atom is 0.339 e. The molecule has 0 unspecified atom stereocenters. The highest BCUT2D eigenvalue weighted by atomic mass is 35.5. The zero-order valence-electron chi connectivity index (χ0n) is 18.2. The van der Waals surface area contributed by atoms with Crippen LogP contribution in [0.25, 0.3) is 17.4 Å². The fourth-order valence-corrected chi connectivity index (χ4v) is 4.31. The lowest BCUT2D eigenvalue weighted by Crippen LogP contribution is -2.27. The number of nitrogens with zero attached hydrogens (tertiary/aromatic N) is 2. The number of rotatable bonds is 7. The number of ether oxygens (including phenoxy) is 1. The van der Waals surface area contributed by atoms with Crippen molar-refractivity contribution in [3.8, 4) is 11.3 Å². The molecule has 1 aliphatic rings. The minimum absolute atomic E-state index is 0.00911. The maximum atomic E-state index is 12.8. The van der Waals surface area contributed by atoms with Gasteiger partial charge in [0.25, 0.3) is 16.8 Å². The van der Waals surface area contributed by atoms with Gasteiger partial charge < -0.3 is 9.15 Å². The molecule has 1 aromatic heterocycles. The van der Waals surface area contributed by atoms with E-state index in [2.05, 4.69) is 0 Å². The molecule has 4 rings (SSSR count). The third-order valence-corrected chi connectivity index (χ3v) is 6.24. The monoisotopic (exact) mass is 512 g/mol. The first kappa shape index (κ1) is 24.2. The van der Waals surface area contributed by atoms with Crippen LogP contribution in [0.4, 0.5) is 10.5 Å². The number of halogens is 1. The topological polar surface area (TPSA) is 120 Å². The van der Waals surface area contributed by atoms with E-state index < -0.39 is 22.0 Å². The van der Waals surface area contributed by atoms with Gasteiger partial charge in [0.05, 0.1) is 33.6 Å². The summed E-state index contributed by atoms with van der Waals surface area (Å²) in [4.78, 5) is 48.8. The summed E-state index contributed by atoms with van der Waals surface area (Å²) in [6.45, 7) is 1.90. The summed E-state index contributed by atoms with van der Waals surface area (Å²) in [5.41, 5.74) is 1.30. The highest BCUT2D eigenvalue weighted by molar-refractivity contribution is 8.18. The molecule has 9 nitrogen and oxygen atoms in total. The van der Waals surface area contributed by atoms with Crippen molar-refractivity contribution in [2.24, 2.45) is 0 Å². The van der Waals surface area contributed by atoms with Crippen LogP contribution >= 0.6 is 23.4 Å². The molecule has 2 heterocycles. The second-order valence-corrected chi connectivity index (χ2v) is 8.71. The molecule has 1 aliphatic heterocycles. The van der Waals surface area contributed by atoms with Crippen molar-refractivity contribution < 1.29 is 28.5 Å². The standard InChI is InChI=1S/C24H17ClN2O7S/c1-2-33-23(29)18-11-15(5-9-19(18)25)20-10-8-17(34-20)12-21-22(28)26(24(30)35-21)13-14-3-6-16(7-4-14)27(31)32/h3-12H,2,13H2,1H3/b21-12+. The van der Waals surface area contributed by atoms with Gasteiger partial charge in [-0.1, -0.05) is 23.7 Å². The van der Waals surface area contributed by atoms with E-state index >= 15 is 0 Å². The summed E-state index contributed by atoms with van der Waals surface area (Å²) in [6, 6.07) is 13.8. The van der Waals surface area contributed by atoms with Crippen LogP contribution in [0.3, 0.4) is 0 Å². The first-order valence-electron chi connectivity index (χ1n) is 10.3. The number of furan rings is 1. The molecule has 178 valence electrons. The van der Waals surface area contributed by atoms with E-state index in [1.54, 1.807) is 37.3 Å². The number of nitro benzene ring substituents is 1. The van der Waals surface area contributed by atoms with Crippen LogP contribution in [0.1, 0.15) is 28.6 Å². The summed E-state index contributed by atoms with van der Waals surface area (Å²) in [6.07, 6.45) is 1.46. The predicted octanol–water partition coefficient (Wildman–Crippen LogP) is 5.92. The average Bonchev–Trinajstić information content (AvgIpc) is 3.40. The lowest BCUT2D eigenvalue weighted by Gasteiger charge is -2.12. The van der Waals surface area contributed by atoms with Crippen LogP contribution in [0.2, 0.25) is 5.02 Å². The molecule has 2 aromatic carbocycles. The van der Waals surface area contributed by atoms with Gasteiger partial charge in [-0.3, -0.25) is 24.6 Å². The summed E-state index contributed by atoms with van der Waals surface area (Å²) < 4.78 is 10.8. The summed E-state index contributed by atoms with van der Waals surface area (Å²) in [5, 5.41) is 10.6. The molecule has 1 fully saturated rings. The average molecular weight is 513 g/mol. The molecule has 0 N–H and O–H groups in total. The summed E-state index contributed by atoms with van der Waals surface area (Å²) in [5.74, 6) is -0.266. The van der Waals surface area contributed by atoms with Crippen LogP contribution in [-0.2, 0) is 16.1 Å². The molecule has 35 heavy (non-hydrogen) atoms. The minimum atomic E-state index is -0.548. The quantitative estimate of drug-likeness (QED) is 0.165. The first-order chi connectivity index (χ1) is 16.8. The maximum absolute atomic E-state index is 12.8. The number of hydrogen-bond donors (Lipinski definition) is 0. The first-order valence-corrected chi connectivity index (χ1v) is 11.5. The lowest BCUT2D eigenvalue weighted by atomic mass is 10.1. The molecular weight excluding hydrogens is 496 g/mol. The molecule has 1 saturated heterocycles. The summed E-state index contributed by atoms with van der Waals surface area (Å²) in [7, 11) is 0. The third-order valence-electron chi connectivity index (χ3n) is 5.01. The van der Waals surface area contributed by atoms with Gasteiger partial charge in [0.15, 0.2) is 0 Å². The molecular formula is C24H17ClN2O7S. The van der Waals surface area contributed by atoms with Crippen LogP contribution in [-0.4, -0.2) is 33.5 Å². The Kier molecular flexibility index (Phi) is 7.04. The molecule has 0 atom stereocenters. The van der Waals surface area contributed by atoms with E-state index in [9.17, 15) is 24.5 Å². The van der Waals surface area contributed by atoms with Gasteiger partial charge in [-0.15, -0.1) is 0 Å². The Morgan fingerprint density at radius 3 is 2.60 bits per heavy atom. The third kappa shape index (κ3) is 5.28. The van der Waals surface area contributed by atoms with Crippen molar-refractivity contribution >= 4 is 52.2 Å². The predicted molar refractivity (Wildman–Crippen MR) is 130 cm³/mol. The normalized spacial score (nSPS) is 14.6. The Balaban J connectivity index is 1.51. The van der Waals surface area contributed by atoms with Crippen LogP contribution in [0.15, 0.2) is 63.9 Å². The van der Waals surface area contributed by atoms with E-state index in [4.69, 9.17) is 20.8 Å². The molecule has 0 aliphatic carbocycles. The fraction of sp³-hybridized carbons (Fsp3) is 0.125. The van der Waals surface area contributed by atoms with Crippen LogP contribution in [0.5, 0.6) is 0 Å². The second-order valence-electron chi connectivity index (χ2n) is 7.31. The molecule has 0 radical (unpaired) electrons. The number of non-ortho nitro benzene ring substituents is 1. The molecule has 0 bridgehead atoms. The number of thioether (sulfide) groups is 1. The zero-order valence-corrected chi connectivity index (χ0v) is 19.8. The second kappa shape index (κ2) is 10.2. The minimum Gasteiger partial charge on any atom is -0.462 e. The van der Waals surface area contributed by atoms with Gasteiger partial charge in [0.1, 0.15) is 11.5 Å². The Hall–Kier alpha value is -3.89. The molecule has 2 amide bonds. The summed E-state index contributed by atoms with van der Waals surface area (Å²) >= 11 is 6.88. The van der Waals surface area contributed by atoms with Gasteiger partial charge in [0, 0.05) is 23.8 Å². The Bertz CT molecular complexity index is 1360. The van der Waals surface area contributed by atoms with E-state index in [0.29, 0.717) is 22.6 Å². The van der Waals surface area contributed by atoms with Crippen molar-refractivity contribution in [2.45, 2.75) is 13.5 Å². The number of amides is 2. The van der Waals surface area contributed by atoms with E-state index in [1.165, 1.54) is 30.3 Å². The van der Waals surface area contributed by atoms with Crippen molar-refractivity contribution in [3.05, 3.63) is 91.5 Å². The van der Waals surface area contributed by atoms with E-state index in [-0.39, 0.29) is 34.3 Å². The number of benzene rings is 2. The number of hydrogen-bond acceptors (Lipinski definition) is 8. The molecule has 3 aromatic rings. The number of imide groups is 1. The van der Waals surface area contributed by atoms with Crippen LogP contribution in [0, 0.1) is 10.1 Å². The molecule has 0 saturated carbocycles. The smallest absolute Gasteiger partial charge is 0.339 e. The van der Waals surface area contributed by atoms with Gasteiger partial charge in [-0.25, -0.2) is 4.79 Å². The number of esters is 1. The van der Waals surface area contributed by atoms with Gasteiger partial charge in [0.2, 0.25) is 0 Å². The Morgan fingerprint density at radius 2 is 1.91 bits per heavy atom. The number of carbonyl (C=O) groups excluding carboxylic acids is 3. The SMILES string of the molecule is CCOC(=O)c1cc(-c2ccc(/C=C3/SC(=O)N(Cc4ccc([N+](=O)[O-])cc4)C3=O)o2)ccc1Cl. The van der Waals surface area contributed by atoms with Crippen LogP contribution < -0.4 is 0 Å². The molecule has 0 spiro atoms.